The first-order chi connectivity index (χ1) is 8.40. The Morgan fingerprint density at radius 3 is 2.22 bits per heavy atom. The average molecular weight is 249 g/mol. The molecule has 1 unspecified atom stereocenters. The number of hydrogen-bond donors (Lipinski definition) is 1. The van der Waals surface area contributed by atoms with Crippen LogP contribution in [0.5, 0.6) is 5.75 Å². The molecular formula is C14H19NO3. The quantitative estimate of drug-likeness (QED) is 0.386. The third-order valence-corrected chi connectivity index (χ3v) is 2.51. The Balaban J connectivity index is 2.57. The molecule has 18 heavy (non-hydrogen) atoms. The molecule has 1 aromatic carbocycles. The minimum Gasteiger partial charge on any atom is -0.455 e. The van der Waals surface area contributed by atoms with Crippen LogP contribution in [0.3, 0.4) is 0 Å². The van der Waals surface area contributed by atoms with E-state index in [4.69, 9.17) is 15.2 Å². The van der Waals surface area contributed by atoms with Crippen LogP contribution in [0.4, 0.5) is 5.69 Å². The lowest BCUT2D eigenvalue weighted by Gasteiger charge is -2.16. The highest BCUT2D eigenvalue weighted by atomic mass is 16.7. The maximum Gasteiger partial charge on any atom is 0.336 e. The molecule has 0 amide bonds. The van der Waals surface area contributed by atoms with Gasteiger partial charge in [-0.3, -0.25) is 0 Å². The SMILES string of the molecule is CC(C)=C(C)C(=O)OC(C)Oc1ccc(N)cc1. The van der Waals surface area contributed by atoms with Crippen molar-refractivity contribution in [1.29, 1.82) is 0 Å². The smallest absolute Gasteiger partial charge is 0.336 e. The normalized spacial score (nSPS) is 11.6. The summed E-state index contributed by atoms with van der Waals surface area (Å²) in [4.78, 5) is 11.7. The molecule has 1 aromatic rings. The van der Waals surface area contributed by atoms with Crippen molar-refractivity contribution < 1.29 is 14.3 Å². The van der Waals surface area contributed by atoms with E-state index in [9.17, 15) is 4.79 Å². The Bertz CT molecular complexity index is 445. The monoisotopic (exact) mass is 249 g/mol. The summed E-state index contributed by atoms with van der Waals surface area (Å²) < 4.78 is 10.6. The molecule has 4 heteroatoms. The summed E-state index contributed by atoms with van der Waals surface area (Å²) in [7, 11) is 0. The molecule has 98 valence electrons. The van der Waals surface area contributed by atoms with Crippen molar-refractivity contribution in [3.8, 4) is 5.75 Å². The number of carbonyl (C=O) groups is 1. The maximum absolute atomic E-state index is 11.7. The van der Waals surface area contributed by atoms with Gasteiger partial charge in [-0.15, -0.1) is 0 Å². The fourth-order valence-electron chi connectivity index (χ4n) is 1.21. The van der Waals surface area contributed by atoms with E-state index in [2.05, 4.69) is 0 Å². The highest BCUT2D eigenvalue weighted by Gasteiger charge is 2.13. The molecule has 0 aliphatic rings. The second-order valence-corrected chi connectivity index (χ2v) is 4.28. The van der Waals surface area contributed by atoms with E-state index in [1.54, 1.807) is 38.1 Å². The number of rotatable bonds is 4. The molecule has 2 N–H and O–H groups in total. The molecule has 1 atom stereocenters. The van der Waals surface area contributed by atoms with Gasteiger partial charge in [0.25, 0.3) is 0 Å². The van der Waals surface area contributed by atoms with Crippen molar-refractivity contribution in [2.45, 2.75) is 34.0 Å². The predicted molar refractivity (Wildman–Crippen MR) is 71.1 cm³/mol. The summed E-state index contributed by atoms with van der Waals surface area (Å²) in [6, 6.07) is 6.91. The standard InChI is InChI=1S/C14H19NO3/c1-9(2)10(3)14(16)18-11(4)17-13-7-5-12(15)6-8-13/h5-8,11H,15H2,1-4H3. The lowest BCUT2D eigenvalue weighted by molar-refractivity contribution is -0.156. The van der Waals surface area contributed by atoms with Gasteiger partial charge in [-0.2, -0.15) is 0 Å². The number of esters is 1. The van der Waals surface area contributed by atoms with Crippen molar-refractivity contribution in [3.63, 3.8) is 0 Å². The van der Waals surface area contributed by atoms with Gasteiger partial charge in [0.05, 0.1) is 0 Å². The summed E-state index contributed by atoms with van der Waals surface area (Å²) in [6.45, 7) is 7.13. The minimum atomic E-state index is -0.643. The zero-order chi connectivity index (χ0) is 13.7. The second-order valence-electron chi connectivity index (χ2n) is 4.28. The van der Waals surface area contributed by atoms with Crippen molar-refractivity contribution >= 4 is 11.7 Å². The van der Waals surface area contributed by atoms with Gasteiger partial charge in [0.2, 0.25) is 6.29 Å². The van der Waals surface area contributed by atoms with Crippen LogP contribution < -0.4 is 10.5 Å². The van der Waals surface area contributed by atoms with Crippen LogP contribution in [0, 0.1) is 0 Å². The number of carbonyl (C=O) groups excluding carboxylic acids is 1. The highest BCUT2D eigenvalue weighted by Crippen LogP contribution is 2.16. The third kappa shape index (κ3) is 4.13. The van der Waals surface area contributed by atoms with Crippen molar-refractivity contribution in [2.24, 2.45) is 0 Å². The van der Waals surface area contributed by atoms with E-state index < -0.39 is 6.29 Å². The lowest BCUT2D eigenvalue weighted by Crippen LogP contribution is -2.21. The average Bonchev–Trinajstić information content (AvgIpc) is 2.30. The first-order valence-electron chi connectivity index (χ1n) is 5.77. The molecule has 0 saturated heterocycles. The van der Waals surface area contributed by atoms with Gasteiger partial charge >= 0.3 is 5.97 Å². The Hall–Kier alpha value is -1.97. The van der Waals surface area contributed by atoms with Gasteiger partial charge < -0.3 is 15.2 Å². The van der Waals surface area contributed by atoms with Crippen LogP contribution >= 0.6 is 0 Å². The highest BCUT2D eigenvalue weighted by molar-refractivity contribution is 5.88. The Labute approximate surface area is 107 Å². The predicted octanol–water partition coefficient (Wildman–Crippen LogP) is 2.89. The van der Waals surface area contributed by atoms with Gasteiger partial charge in [-0.1, -0.05) is 5.57 Å². The van der Waals surface area contributed by atoms with Crippen LogP contribution in [0.15, 0.2) is 35.4 Å². The van der Waals surface area contributed by atoms with Crippen LogP contribution in [-0.2, 0) is 9.53 Å². The van der Waals surface area contributed by atoms with E-state index >= 15 is 0 Å². The maximum atomic E-state index is 11.7. The first kappa shape index (κ1) is 14.1. The van der Waals surface area contributed by atoms with Crippen molar-refractivity contribution in [3.05, 3.63) is 35.4 Å². The number of hydrogen-bond acceptors (Lipinski definition) is 4. The number of benzene rings is 1. The van der Waals surface area contributed by atoms with Gasteiger partial charge in [0, 0.05) is 18.2 Å². The van der Waals surface area contributed by atoms with Gasteiger partial charge in [0.1, 0.15) is 5.75 Å². The summed E-state index contributed by atoms with van der Waals surface area (Å²) in [6.07, 6.45) is -0.643. The molecule has 0 fully saturated rings. The molecule has 0 bridgehead atoms. The fourth-order valence-corrected chi connectivity index (χ4v) is 1.21. The molecule has 0 aliphatic heterocycles. The molecular weight excluding hydrogens is 230 g/mol. The molecule has 0 radical (unpaired) electrons. The second kappa shape index (κ2) is 6.10. The summed E-state index contributed by atoms with van der Waals surface area (Å²) >= 11 is 0. The lowest BCUT2D eigenvalue weighted by atomic mass is 10.2. The fraction of sp³-hybridized carbons (Fsp3) is 0.357. The first-order valence-corrected chi connectivity index (χ1v) is 5.77. The van der Waals surface area contributed by atoms with Crippen LogP contribution in [0.1, 0.15) is 27.7 Å². The van der Waals surface area contributed by atoms with E-state index in [1.165, 1.54) is 0 Å². The number of anilines is 1. The molecule has 0 saturated carbocycles. The molecule has 0 aromatic heterocycles. The minimum absolute atomic E-state index is 0.363. The number of allylic oxidation sites excluding steroid dienone is 1. The summed E-state index contributed by atoms with van der Waals surface area (Å²) in [5.74, 6) is 0.247. The summed E-state index contributed by atoms with van der Waals surface area (Å²) in [5, 5.41) is 0. The molecule has 1 rings (SSSR count). The zero-order valence-corrected chi connectivity index (χ0v) is 11.2. The van der Waals surface area contributed by atoms with E-state index in [1.807, 2.05) is 13.8 Å². The van der Waals surface area contributed by atoms with Crippen LogP contribution in [0.25, 0.3) is 0 Å². The summed E-state index contributed by atoms with van der Waals surface area (Å²) in [5.41, 5.74) is 7.75. The van der Waals surface area contributed by atoms with E-state index in [0.717, 1.165) is 5.57 Å². The molecule has 0 spiro atoms. The van der Waals surface area contributed by atoms with Crippen molar-refractivity contribution in [2.75, 3.05) is 5.73 Å². The molecule has 4 nitrogen and oxygen atoms in total. The van der Waals surface area contributed by atoms with Gasteiger partial charge in [-0.05, 0) is 45.0 Å². The van der Waals surface area contributed by atoms with E-state index in [-0.39, 0.29) is 5.97 Å². The largest absolute Gasteiger partial charge is 0.455 e. The van der Waals surface area contributed by atoms with Gasteiger partial charge in [0.15, 0.2) is 0 Å². The number of nitrogen functional groups attached to an aromatic ring is 1. The van der Waals surface area contributed by atoms with Gasteiger partial charge in [-0.25, -0.2) is 4.79 Å². The zero-order valence-electron chi connectivity index (χ0n) is 11.2. The van der Waals surface area contributed by atoms with Crippen LogP contribution in [-0.4, -0.2) is 12.3 Å². The molecule has 0 heterocycles. The van der Waals surface area contributed by atoms with E-state index in [0.29, 0.717) is 17.0 Å². The Morgan fingerprint density at radius 1 is 1.17 bits per heavy atom. The number of ether oxygens (including phenoxy) is 2. The molecule has 0 aliphatic carbocycles. The number of nitrogens with two attached hydrogens (primary N) is 1. The van der Waals surface area contributed by atoms with Crippen LogP contribution in [0.2, 0.25) is 0 Å². The topological polar surface area (TPSA) is 61.5 Å². The third-order valence-electron chi connectivity index (χ3n) is 2.51. The Morgan fingerprint density at radius 2 is 1.72 bits per heavy atom. The Kier molecular flexibility index (Phi) is 4.77. The van der Waals surface area contributed by atoms with Crippen molar-refractivity contribution in [1.82, 2.24) is 0 Å².